The molecule has 27 heavy (non-hydrogen) atoms. The fourth-order valence-electron chi connectivity index (χ4n) is 2.29. The number of nitrogens with two attached hydrogens (primary N) is 1. The standard InChI is InChI=1S/C22H26N2O3/c1-4-7-8-16-9-12-19(15-21(16)26-6-3)27-18-13-10-17(11-14-18)24-22(25)20(23)5-2/h9-15,20H,4-6,23H2,1-3H3,(H,24,25). The number of benzene rings is 2. The second-order valence-electron chi connectivity index (χ2n) is 5.88. The van der Waals surface area contributed by atoms with Crippen LogP contribution in [-0.4, -0.2) is 18.6 Å². The SMILES string of the molecule is CCC#Cc1ccc(Oc2ccc(NC(=O)C(N)CC)cc2)cc1OCC. The first-order chi connectivity index (χ1) is 13.1. The van der Waals surface area contributed by atoms with Crippen molar-refractivity contribution in [1.82, 2.24) is 0 Å². The largest absolute Gasteiger partial charge is 0.492 e. The molecule has 0 saturated heterocycles. The van der Waals surface area contributed by atoms with Crippen LogP contribution in [0.4, 0.5) is 5.69 Å². The van der Waals surface area contributed by atoms with E-state index >= 15 is 0 Å². The minimum atomic E-state index is -0.507. The van der Waals surface area contributed by atoms with Gasteiger partial charge in [0.2, 0.25) is 5.91 Å². The van der Waals surface area contributed by atoms with Crippen LogP contribution in [0.3, 0.4) is 0 Å². The second kappa shape index (κ2) is 10.2. The molecule has 2 aromatic carbocycles. The van der Waals surface area contributed by atoms with Gasteiger partial charge in [-0.2, -0.15) is 0 Å². The summed E-state index contributed by atoms with van der Waals surface area (Å²) >= 11 is 0. The van der Waals surface area contributed by atoms with Crippen molar-refractivity contribution < 1.29 is 14.3 Å². The summed E-state index contributed by atoms with van der Waals surface area (Å²) in [6, 6.07) is 12.2. The van der Waals surface area contributed by atoms with Crippen LogP contribution in [0.5, 0.6) is 17.2 Å². The lowest BCUT2D eigenvalue weighted by atomic mass is 10.2. The molecule has 0 heterocycles. The zero-order valence-electron chi connectivity index (χ0n) is 16.0. The topological polar surface area (TPSA) is 73.6 Å². The lowest BCUT2D eigenvalue weighted by Gasteiger charge is -2.12. The molecule has 0 aliphatic carbocycles. The van der Waals surface area contributed by atoms with Gasteiger partial charge in [-0.05, 0) is 49.7 Å². The van der Waals surface area contributed by atoms with Crippen LogP contribution in [0.25, 0.3) is 0 Å². The van der Waals surface area contributed by atoms with Crippen molar-refractivity contribution in [2.45, 2.75) is 39.7 Å². The third kappa shape index (κ3) is 6.05. The average molecular weight is 366 g/mol. The summed E-state index contributed by atoms with van der Waals surface area (Å²) in [6.45, 7) is 6.37. The van der Waals surface area contributed by atoms with Crippen molar-refractivity contribution in [1.29, 1.82) is 0 Å². The number of nitrogens with one attached hydrogen (secondary N) is 1. The zero-order chi connectivity index (χ0) is 19.6. The van der Waals surface area contributed by atoms with Crippen LogP contribution in [-0.2, 0) is 4.79 Å². The third-order valence-electron chi connectivity index (χ3n) is 3.79. The molecule has 1 atom stereocenters. The molecule has 0 spiro atoms. The molecule has 0 fully saturated rings. The van der Waals surface area contributed by atoms with E-state index in [1.165, 1.54) is 0 Å². The number of ether oxygens (including phenoxy) is 2. The van der Waals surface area contributed by atoms with Gasteiger partial charge in [-0.1, -0.05) is 25.7 Å². The van der Waals surface area contributed by atoms with Crippen molar-refractivity contribution >= 4 is 11.6 Å². The first-order valence-electron chi connectivity index (χ1n) is 9.17. The molecule has 0 saturated carbocycles. The van der Waals surface area contributed by atoms with Crippen molar-refractivity contribution in [3.63, 3.8) is 0 Å². The summed E-state index contributed by atoms with van der Waals surface area (Å²) in [6.07, 6.45) is 1.38. The third-order valence-corrected chi connectivity index (χ3v) is 3.79. The Morgan fingerprint density at radius 2 is 1.81 bits per heavy atom. The van der Waals surface area contributed by atoms with E-state index in [-0.39, 0.29) is 5.91 Å². The minimum absolute atomic E-state index is 0.198. The van der Waals surface area contributed by atoms with Crippen molar-refractivity contribution in [3.05, 3.63) is 48.0 Å². The highest BCUT2D eigenvalue weighted by atomic mass is 16.5. The normalized spacial score (nSPS) is 11.1. The second-order valence-corrected chi connectivity index (χ2v) is 5.88. The molecule has 1 amide bonds. The summed E-state index contributed by atoms with van der Waals surface area (Å²) in [4.78, 5) is 11.8. The molecule has 0 radical (unpaired) electrons. The zero-order valence-corrected chi connectivity index (χ0v) is 16.0. The average Bonchev–Trinajstić information content (AvgIpc) is 2.68. The summed E-state index contributed by atoms with van der Waals surface area (Å²) in [5.74, 6) is 7.97. The van der Waals surface area contributed by atoms with Crippen LogP contribution in [0.1, 0.15) is 39.2 Å². The molecule has 0 aliphatic rings. The van der Waals surface area contributed by atoms with Gasteiger partial charge in [0.05, 0.1) is 18.2 Å². The van der Waals surface area contributed by atoms with Crippen molar-refractivity contribution in [2.24, 2.45) is 5.73 Å². The molecule has 2 rings (SSSR count). The Morgan fingerprint density at radius 1 is 1.11 bits per heavy atom. The van der Waals surface area contributed by atoms with Gasteiger partial charge in [-0.25, -0.2) is 0 Å². The smallest absolute Gasteiger partial charge is 0.241 e. The summed E-state index contributed by atoms with van der Waals surface area (Å²) < 4.78 is 11.6. The van der Waals surface area contributed by atoms with E-state index in [1.54, 1.807) is 24.3 Å². The molecule has 0 bridgehead atoms. The first kappa shape index (κ1) is 20.3. The fourth-order valence-corrected chi connectivity index (χ4v) is 2.29. The predicted octanol–water partition coefficient (Wildman–Crippen LogP) is 4.31. The maximum atomic E-state index is 11.8. The van der Waals surface area contributed by atoms with Crippen LogP contribution >= 0.6 is 0 Å². The fraction of sp³-hybridized carbons (Fsp3) is 0.318. The molecule has 0 aromatic heterocycles. The molecular weight excluding hydrogens is 340 g/mol. The van der Waals surface area contributed by atoms with Crippen molar-refractivity contribution in [3.8, 4) is 29.1 Å². The maximum Gasteiger partial charge on any atom is 0.241 e. The predicted molar refractivity (Wildman–Crippen MR) is 108 cm³/mol. The Morgan fingerprint density at radius 3 is 2.44 bits per heavy atom. The number of carbonyl (C=O) groups is 1. The highest BCUT2D eigenvalue weighted by molar-refractivity contribution is 5.94. The summed E-state index contributed by atoms with van der Waals surface area (Å²) in [5, 5.41) is 2.78. The maximum absolute atomic E-state index is 11.8. The van der Waals surface area contributed by atoms with Crippen LogP contribution in [0.15, 0.2) is 42.5 Å². The molecule has 0 aliphatic heterocycles. The Kier molecular flexibility index (Phi) is 7.72. The molecule has 1 unspecified atom stereocenters. The Bertz CT molecular complexity index is 820. The highest BCUT2D eigenvalue weighted by Gasteiger charge is 2.11. The van der Waals surface area contributed by atoms with Gasteiger partial charge in [0.1, 0.15) is 17.2 Å². The van der Waals surface area contributed by atoms with E-state index in [9.17, 15) is 4.79 Å². The van der Waals surface area contributed by atoms with Gasteiger partial charge in [0.15, 0.2) is 0 Å². The molecule has 142 valence electrons. The van der Waals surface area contributed by atoms with Gasteiger partial charge in [-0.15, -0.1) is 0 Å². The summed E-state index contributed by atoms with van der Waals surface area (Å²) in [5.41, 5.74) is 7.24. The molecule has 3 N–H and O–H groups in total. The number of hydrogen-bond donors (Lipinski definition) is 2. The monoisotopic (exact) mass is 366 g/mol. The molecular formula is C22H26N2O3. The van der Waals surface area contributed by atoms with Crippen molar-refractivity contribution in [2.75, 3.05) is 11.9 Å². The molecule has 5 nitrogen and oxygen atoms in total. The highest BCUT2D eigenvalue weighted by Crippen LogP contribution is 2.29. The van der Waals surface area contributed by atoms with Gasteiger partial charge < -0.3 is 20.5 Å². The first-order valence-corrected chi connectivity index (χ1v) is 9.17. The van der Waals surface area contributed by atoms with Gasteiger partial charge in [-0.3, -0.25) is 4.79 Å². The number of hydrogen-bond acceptors (Lipinski definition) is 4. The summed E-state index contributed by atoms with van der Waals surface area (Å²) in [7, 11) is 0. The lowest BCUT2D eigenvalue weighted by Crippen LogP contribution is -2.34. The minimum Gasteiger partial charge on any atom is -0.492 e. The molecule has 5 heteroatoms. The Labute approximate surface area is 160 Å². The quantitative estimate of drug-likeness (QED) is 0.716. The van der Waals surface area contributed by atoms with Gasteiger partial charge >= 0.3 is 0 Å². The number of amides is 1. The molecule has 2 aromatic rings. The number of carbonyl (C=O) groups excluding carboxylic acids is 1. The number of anilines is 1. The van der Waals surface area contributed by atoms with E-state index in [1.807, 2.05) is 39.0 Å². The Hall–Kier alpha value is -2.97. The Balaban J connectivity index is 2.10. The lowest BCUT2D eigenvalue weighted by molar-refractivity contribution is -0.117. The number of rotatable bonds is 7. The van der Waals surface area contributed by atoms with Crippen LogP contribution in [0, 0.1) is 11.8 Å². The van der Waals surface area contributed by atoms with E-state index in [4.69, 9.17) is 15.2 Å². The van der Waals surface area contributed by atoms with Gasteiger partial charge in [0, 0.05) is 18.2 Å². The van der Waals surface area contributed by atoms with E-state index in [0.29, 0.717) is 36.0 Å². The van der Waals surface area contributed by atoms with E-state index in [2.05, 4.69) is 17.2 Å². The van der Waals surface area contributed by atoms with Crippen LogP contribution < -0.4 is 20.5 Å². The van der Waals surface area contributed by atoms with E-state index < -0.39 is 6.04 Å². The van der Waals surface area contributed by atoms with E-state index in [0.717, 1.165) is 12.0 Å². The van der Waals surface area contributed by atoms with Gasteiger partial charge in [0.25, 0.3) is 0 Å². The van der Waals surface area contributed by atoms with Crippen LogP contribution in [0.2, 0.25) is 0 Å².